The van der Waals surface area contributed by atoms with E-state index in [2.05, 4.69) is 54.8 Å². The van der Waals surface area contributed by atoms with Crippen LogP contribution in [-0.2, 0) is 12.8 Å². The first-order valence-corrected chi connectivity index (χ1v) is 6.52. The molecule has 0 aliphatic carbocycles. The summed E-state index contributed by atoms with van der Waals surface area (Å²) in [5.41, 5.74) is 11.8. The van der Waals surface area contributed by atoms with Crippen molar-refractivity contribution >= 4 is 0 Å². The lowest BCUT2D eigenvalue weighted by molar-refractivity contribution is 0.813. The Hall–Kier alpha value is -1.61. The van der Waals surface area contributed by atoms with Crippen LogP contribution < -0.4 is 5.73 Å². The summed E-state index contributed by atoms with van der Waals surface area (Å²) in [6.45, 7) is 7.05. The quantitative estimate of drug-likeness (QED) is 0.897. The highest BCUT2D eigenvalue weighted by atomic mass is 15.3. The second-order valence-corrected chi connectivity index (χ2v) is 4.58. The molecule has 96 valence electrons. The predicted molar refractivity (Wildman–Crippen MR) is 75.2 cm³/mol. The molecule has 1 aromatic heterocycles. The molecule has 2 rings (SSSR count). The van der Waals surface area contributed by atoms with Crippen LogP contribution >= 0.6 is 0 Å². The number of aromatic nitrogens is 2. The maximum atomic E-state index is 5.68. The number of para-hydroxylation sites is 1. The minimum atomic E-state index is 0.664. The van der Waals surface area contributed by atoms with E-state index in [1.54, 1.807) is 0 Å². The average molecular weight is 243 g/mol. The van der Waals surface area contributed by atoms with Gasteiger partial charge in [-0.3, -0.25) is 0 Å². The molecule has 0 radical (unpaired) electrons. The van der Waals surface area contributed by atoms with E-state index in [1.165, 1.54) is 16.8 Å². The molecule has 0 spiro atoms. The van der Waals surface area contributed by atoms with Crippen LogP contribution in [0.2, 0.25) is 0 Å². The topological polar surface area (TPSA) is 43.8 Å². The average Bonchev–Trinajstić information content (AvgIpc) is 2.65. The zero-order valence-electron chi connectivity index (χ0n) is 11.4. The van der Waals surface area contributed by atoms with Crippen molar-refractivity contribution in [2.75, 3.05) is 6.54 Å². The summed E-state index contributed by atoms with van der Waals surface area (Å²) in [5, 5.41) is 4.67. The fourth-order valence-corrected chi connectivity index (χ4v) is 2.51. The maximum absolute atomic E-state index is 5.68. The van der Waals surface area contributed by atoms with Gasteiger partial charge in [0.05, 0.1) is 11.4 Å². The molecule has 2 N–H and O–H groups in total. The van der Waals surface area contributed by atoms with E-state index in [4.69, 9.17) is 5.73 Å². The van der Waals surface area contributed by atoms with Gasteiger partial charge in [0.15, 0.2) is 0 Å². The van der Waals surface area contributed by atoms with Crippen LogP contribution in [0.5, 0.6) is 0 Å². The minimum absolute atomic E-state index is 0.664. The van der Waals surface area contributed by atoms with Crippen molar-refractivity contribution in [3.05, 3.63) is 46.8 Å². The first kappa shape index (κ1) is 12.8. The van der Waals surface area contributed by atoms with Crippen LogP contribution in [0, 0.1) is 13.8 Å². The third-order valence-electron chi connectivity index (χ3n) is 3.43. The van der Waals surface area contributed by atoms with Gasteiger partial charge in [0.2, 0.25) is 0 Å². The fourth-order valence-electron chi connectivity index (χ4n) is 2.51. The molecular formula is C15H21N3. The molecule has 18 heavy (non-hydrogen) atoms. The van der Waals surface area contributed by atoms with Gasteiger partial charge >= 0.3 is 0 Å². The summed E-state index contributed by atoms with van der Waals surface area (Å²) in [6, 6.07) is 8.35. The second kappa shape index (κ2) is 5.36. The fraction of sp³-hybridized carbons (Fsp3) is 0.400. The van der Waals surface area contributed by atoms with E-state index < -0.39 is 0 Å². The molecule has 0 amide bonds. The van der Waals surface area contributed by atoms with Gasteiger partial charge in [0.25, 0.3) is 0 Å². The summed E-state index contributed by atoms with van der Waals surface area (Å²) in [5.74, 6) is 0. The van der Waals surface area contributed by atoms with E-state index in [-0.39, 0.29) is 0 Å². The summed E-state index contributed by atoms with van der Waals surface area (Å²) in [7, 11) is 0. The first-order chi connectivity index (χ1) is 8.69. The molecule has 0 aliphatic heterocycles. The van der Waals surface area contributed by atoms with Gasteiger partial charge in [0, 0.05) is 5.69 Å². The molecule has 0 atom stereocenters. The van der Waals surface area contributed by atoms with E-state index in [9.17, 15) is 0 Å². The lowest BCUT2D eigenvalue weighted by atomic mass is 10.1. The number of hydrogen-bond acceptors (Lipinski definition) is 2. The highest BCUT2D eigenvalue weighted by molar-refractivity contribution is 5.43. The van der Waals surface area contributed by atoms with Gasteiger partial charge in [-0.1, -0.05) is 25.1 Å². The summed E-state index contributed by atoms with van der Waals surface area (Å²) >= 11 is 0. The highest BCUT2D eigenvalue weighted by Gasteiger charge is 2.12. The van der Waals surface area contributed by atoms with E-state index in [0.29, 0.717) is 6.54 Å². The Labute approximate surface area is 109 Å². The Morgan fingerprint density at radius 3 is 2.56 bits per heavy atom. The van der Waals surface area contributed by atoms with E-state index in [0.717, 1.165) is 24.2 Å². The van der Waals surface area contributed by atoms with Crippen molar-refractivity contribution in [1.29, 1.82) is 0 Å². The maximum Gasteiger partial charge on any atom is 0.0681 e. The smallest absolute Gasteiger partial charge is 0.0681 e. The largest absolute Gasteiger partial charge is 0.330 e. The summed E-state index contributed by atoms with van der Waals surface area (Å²) in [6.07, 6.45) is 1.91. The Morgan fingerprint density at radius 1 is 1.22 bits per heavy atom. The number of benzene rings is 1. The molecule has 0 saturated carbocycles. The number of nitrogens with zero attached hydrogens (tertiary/aromatic N) is 2. The predicted octanol–water partition coefficient (Wildman–Crippen LogP) is 2.55. The second-order valence-electron chi connectivity index (χ2n) is 4.58. The normalized spacial score (nSPS) is 10.9. The summed E-state index contributed by atoms with van der Waals surface area (Å²) < 4.78 is 2.05. The van der Waals surface area contributed by atoms with Gasteiger partial charge in [-0.15, -0.1) is 0 Å². The van der Waals surface area contributed by atoms with Crippen LogP contribution in [0.15, 0.2) is 24.3 Å². The zero-order chi connectivity index (χ0) is 13.1. The minimum Gasteiger partial charge on any atom is -0.330 e. The Morgan fingerprint density at radius 2 is 1.94 bits per heavy atom. The van der Waals surface area contributed by atoms with Crippen molar-refractivity contribution in [2.45, 2.75) is 33.6 Å². The SMILES string of the molecule is CCc1c(C)nn(-c2ccccc2CCN)c1C. The Balaban J connectivity index is 2.55. The van der Waals surface area contributed by atoms with Crippen molar-refractivity contribution in [1.82, 2.24) is 9.78 Å². The Kier molecular flexibility index (Phi) is 3.82. The number of nitrogens with two attached hydrogens (primary N) is 1. The zero-order valence-corrected chi connectivity index (χ0v) is 11.4. The van der Waals surface area contributed by atoms with Crippen LogP contribution in [0.4, 0.5) is 0 Å². The molecule has 3 nitrogen and oxygen atoms in total. The molecular weight excluding hydrogens is 222 g/mol. The number of hydrogen-bond donors (Lipinski definition) is 1. The number of rotatable bonds is 4. The molecule has 2 aromatic rings. The van der Waals surface area contributed by atoms with Crippen molar-refractivity contribution in [2.24, 2.45) is 5.73 Å². The van der Waals surface area contributed by atoms with Gasteiger partial charge in [-0.05, 0) is 50.4 Å². The molecule has 1 aromatic carbocycles. The van der Waals surface area contributed by atoms with Gasteiger partial charge in [-0.2, -0.15) is 5.10 Å². The number of aryl methyl sites for hydroxylation is 1. The van der Waals surface area contributed by atoms with Crippen LogP contribution in [0.25, 0.3) is 5.69 Å². The van der Waals surface area contributed by atoms with Crippen molar-refractivity contribution in [3.8, 4) is 5.69 Å². The van der Waals surface area contributed by atoms with Crippen molar-refractivity contribution < 1.29 is 0 Å². The van der Waals surface area contributed by atoms with Crippen LogP contribution in [0.3, 0.4) is 0 Å². The van der Waals surface area contributed by atoms with Crippen LogP contribution in [0.1, 0.15) is 29.4 Å². The van der Waals surface area contributed by atoms with Gasteiger partial charge < -0.3 is 5.73 Å². The highest BCUT2D eigenvalue weighted by Crippen LogP contribution is 2.21. The first-order valence-electron chi connectivity index (χ1n) is 6.52. The molecule has 0 fully saturated rings. The standard InChI is InChI=1S/C15H21N3/c1-4-14-11(2)17-18(12(14)3)15-8-6-5-7-13(15)9-10-16/h5-8H,4,9-10,16H2,1-3H3. The van der Waals surface area contributed by atoms with Gasteiger partial charge in [0.1, 0.15) is 0 Å². The van der Waals surface area contributed by atoms with E-state index >= 15 is 0 Å². The molecule has 0 bridgehead atoms. The molecule has 3 heteroatoms. The Bertz CT molecular complexity index is 541. The van der Waals surface area contributed by atoms with E-state index in [1.807, 2.05) is 0 Å². The van der Waals surface area contributed by atoms with Crippen molar-refractivity contribution in [3.63, 3.8) is 0 Å². The summed E-state index contributed by atoms with van der Waals surface area (Å²) in [4.78, 5) is 0. The lowest BCUT2D eigenvalue weighted by Gasteiger charge is -2.10. The molecule has 0 saturated heterocycles. The molecule has 0 aliphatic rings. The monoisotopic (exact) mass is 243 g/mol. The molecule has 1 heterocycles. The van der Waals surface area contributed by atoms with Crippen LogP contribution in [-0.4, -0.2) is 16.3 Å². The van der Waals surface area contributed by atoms with Gasteiger partial charge in [-0.25, -0.2) is 4.68 Å². The molecule has 0 unspecified atom stereocenters. The lowest BCUT2D eigenvalue weighted by Crippen LogP contribution is -2.08. The third-order valence-corrected chi connectivity index (χ3v) is 3.43. The third kappa shape index (κ3) is 2.18.